The molecule has 0 saturated carbocycles. The molecule has 0 amide bonds. The highest BCUT2D eigenvalue weighted by Crippen LogP contribution is 2.31. The standard InChI is InChI=1S/C13H24N2OS/c1-8(2)10(5)15(6)13-14-12(9(3)4)11(7-16)17-13/h8-10,16H,7H2,1-6H3. The van der Waals surface area contributed by atoms with Crippen molar-refractivity contribution in [2.24, 2.45) is 5.92 Å². The van der Waals surface area contributed by atoms with Gasteiger partial charge in [0.1, 0.15) is 0 Å². The number of aliphatic hydroxyl groups is 1. The lowest BCUT2D eigenvalue weighted by Crippen LogP contribution is -2.33. The van der Waals surface area contributed by atoms with Crippen LogP contribution >= 0.6 is 11.3 Å². The smallest absolute Gasteiger partial charge is 0.185 e. The molecule has 1 N–H and O–H groups in total. The van der Waals surface area contributed by atoms with E-state index in [4.69, 9.17) is 0 Å². The van der Waals surface area contributed by atoms with Gasteiger partial charge in [0, 0.05) is 13.1 Å². The van der Waals surface area contributed by atoms with Crippen LogP contribution in [0.25, 0.3) is 0 Å². The Morgan fingerprint density at radius 1 is 1.24 bits per heavy atom. The summed E-state index contributed by atoms with van der Waals surface area (Å²) in [6.07, 6.45) is 0. The van der Waals surface area contributed by atoms with Crippen LogP contribution in [-0.4, -0.2) is 23.2 Å². The minimum absolute atomic E-state index is 0.0923. The maximum atomic E-state index is 9.36. The molecule has 0 fully saturated rings. The minimum atomic E-state index is 0.0923. The summed E-state index contributed by atoms with van der Waals surface area (Å²) in [5.74, 6) is 0.953. The molecule has 4 heteroatoms. The Morgan fingerprint density at radius 2 is 1.82 bits per heavy atom. The molecule has 98 valence electrons. The molecule has 0 aromatic carbocycles. The summed E-state index contributed by atoms with van der Waals surface area (Å²) >= 11 is 1.61. The van der Waals surface area contributed by atoms with Crippen LogP contribution in [0, 0.1) is 5.92 Å². The Balaban J connectivity index is 2.99. The van der Waals surface area contributed by atoms with Crippen LogP contribution in [0.5, 0.6) is 0 Å². The average molecular weight is 256 g/mol. The van der Waals surface area contributed by atoms with E-state index >= 15 is 0 Å². The van der Waals surface area contributed by atoms with Gasteiger partial charge in [0.15, 0.2) is 5.13 Å². The maximum Gasteiger partial charge on any atom is 0.185 e. The molecule has 0 aliphatic carbocycles. The Morgan fingerprint density at radius 3 is 2.18 bits per heavy atom. The highest BCUT2D eigenvalue weighted by molar-refractivity contribution is 7.15. The van der Waals surface area contributed by atoms with Crippen LogP contribution in [0.1, 0.15) is 51.1 Å². The van der Waals surface area contributed by atoms with Gasteiger partial charge in [-0.25, -0.2) is 4.98 Å². The molecular weight excluding hydrogens is 232 g/mol. The number of aromatic nitrogens is 1. The van der Waals surface area contributed by atoms with Crippen LogP contribution in [0.3, 0.4) is 0 Å². The number of hydrogen-bond donors (Lipinski definition) is 1. The number of nitrogens with zero attached hydrogens (tertiary/aromatic N) is 2. The van der Waals surface area contributed by atoms with Gasteiger partial charge in [0.05, 0.1) is 17.2 Å². The van der Waals surface area contributed by atoms with E-state index in [1.165, 1.54) is 0 Å². The van der Waals surface area contributed by atoms with Crippen molar-refractivity contribution in [2.45, 2.75) is 53.2 Å². The van der Waals surface area contributed by atoms with Crippen LogP contribution in [-0.2, 0) is 6.61 Å². The number of rotatable bonds is 5. The van der Waals surface area contributed by atoms with E-state index in [1.54, 1.807) is 11.3 Å². The van der Waals surface area contributed by atoms with Crippen molar-refractivity contribution in [1.82, 2.24) is 4.98 Å². The fourth-order valence-corrected chi connectivity index (χ4v) is 2.81. The minimum Gasteiger partial charge on any atom is -0.391 e. The summed E-state index contributed by atoms with van der Waals surface area (Å²) in [6.45, 7) is 11.0. The lowest BCUT2D eigenvalue weighted by Gasteiger charge is -2.27. The second kappa shape index (κ2) is 5.83. The molecule has 0 aliphatic heterocycles. The molecule has 1 heterocycles. The van der Waals surface area contributed by atoms with Gasteiger partial charge in [-0.2, -0.15) is 0 Å². The van der Waals surface area contributed by atoms with Crippen molar-refractivity contribution in [3.8, 4) is 0 Å². The van der Waals surface area contributed by atoms with Gasteiger partial charge in [0.2, 0.25) is 0 Å². The SMILES string of the molecule is CC(C)c1nc(N(C)C(C)C(C)C)sc1CO. The zero-order valence-electron chi connectivity index (χ0n) is 11.7. The molecule has 0 saturated heterocycles. The first kappa shape index (κ1) is 14.5. The average Bonchev–Trinajstić information content (AvgIpc) is 2.70. The van der Waals surface area contributed by atoms with Gasteiger partial charge in [-0.3, -0.25) is 0 Å². The zero-order chi connectivity index (χ0) is 13.2. The largest absolute Gasteiger partial charge is 0.391 e. The van der Waals surface area contributed by atoms with E-state index in [2.05, 4.69) is 51.6 Å². The molecule has 0 aliphatic rings. The normalized spacial score (nSPS) is 13.5. The summed E-state index contributed by atoms with van der Waals surface area (Å²) in [6, 6.07) is 0.452. The van der Waals surface area contributed by atoms with E-state index in [1.807, 2.05) is 0 Å². The Kier molecular flexibility index (Phi) is 4.95. The van der Waals surface area contributed by atoms with Crippen molar-refractivity contribution < 1.29 is 5.11 Å². The van der Waals surface area contributed by atoms with Crippen LogP contribution in [0.2, 0.25) is 0 Å². The first-order valence-electron chi connectivity index (χ1n) is 6.21. The molecule has 1 aromatic rings. The van der Waals surface area contributed by atoms with Crippen molar-refractivity contribution in [3.05, 3.63) is 10.6 Å². The molecule has 0 bridgehead atoms. The summed E-state index contributed by atoms with van der Waals surface area (Å²) in [5.41, 5.74) is 1.04. The lowest BCUT2D eigenvalue weighted by atomic mass is 10.1. The molecular formula is C13H24N2OS. The van der Waals surface area contributed by atoms with Crippen LogP contribution < -0.4 is 4.90 Å². The predicted octanol–water partition coefficient (Wildman–Crippen LogP) is 3.24. The van der Waals surface area contributed by atoms with E-state index in [-0.39, 0.29) is 6.61 Å². The monoisotopic (exact) mass is 256 g/mol. The third-order valence-electron chi connectivity index (χ3n) is 3.28. The fourth-order valence-electron chi connectivity index (χ4n) is 1.69. The molecule has 1 rings (SSSR count). The van der Waals surface area contributed by atoms with E-state index in [0.717, 1.165) is 15.7 Å². The topological polar surface area (TPSA) is 36.4 Å². The zero-order valence-corrected chi connectivity index (χ0v) is 12.5. The van der Waals surface area contributed by atoms with Crippen molar-refractivity contribution in [3.63, 3.8) is 0 Å². The van der Waals surface area contributed by atoms with E-state index in [9.17, 15) is 5.11 Å². The molecule has 3 nitrogen and oxygen atoms in total. The summed E-state index contributed by atoms with van der Waals surface area (Å²) in [7, 11) is 2.08. The first-order chi connectivity index (χ1) is 7.88. The van der Waals surface area contributed by atoms with Gasteiger partial charge in [-0.05, 0) is 18.8 Å². The van der Waals surface area contributed by atoms with Crippen LogP contribution in [0.15, 0.2) is 0 Å². The van der Waals surface area contributed by atoms with Gasteiger partial charge in [-0.1, -0.05) is 39.0 Å². The summed E-state index contributed by atoms with van der Waals surface area (Å²) in [4.78, 5) is 7.88. The van der Waals surface area contributed by atoms with Gasteiger partial charge < -0.3 is 10.0 Å². The summed E-state index contributed by atoms with van der Waals surface area (Å²) in [5, 5.41) is 10.4. The number of anilines is 1. The Hall–Kier alpha value is -0.610. The van der Waals surface area contributed by atoms with Crippen molar-refractivity contribution in [1.29, 1.82) is 0 Å². The Bertz CT molecular complexity index is 360. The first-order valence-corrected chi connectivity index (χ1v) is 7.03. The second-order valence-electron chi connectivity index (χ2n) is 5.21. The predicted molar refractivity (Wildman–Crippen MR) is 74.8 cm³/mol. The molecule has 0 radical (unpaired) electrons. The lowest BCUT2D eigenvalue weighted by molar-refractivity contribution is 0.283. The molecule has 0 spiro atoms. The molecule has 1 atom stereocenters. The van der Waals surface area contributed by atoms with Gasteiger partial charge >= 0.3 is 0 Å². The fraction of sp³-hybridized carbons (Fsp3) is 0.769. The van der Waals surface area contributed by atoms with Gasteiger partial charge in [0.25, 0.3) is 0 Å². The number of aliphatic hydroxyl groups excluding tert-OH is 1. The van der Waals surface area contributed by atoms with Crippen molar-refractivity contribution >= 4 is 16.5 Å². The Labute approximate surface area is 108 Å². The van der Waals surface area contributed by atoms with Crippen molar-refractivity contribution in [2.75, 3.05) is 11.9 Å². The number of hydrogen-bond acceptors (Lipinski definition) is 4. The van der Waals surface area contributed by atoms with E-state index < -0.39 is 0 Å². The second-order valence-corrected chi connectivity index (χ2v) is 6.28. The quantitative estimate of drug-likeness (QED) is 0.878. The molecule has 1 unspecified atom stereocenters. The highest BCUT2D eigenvalue weighted by Gasteiger charge is 2.20. The number of thiazole rings is 1. The maximum absolute atomic E-state index is 9.36. The van der Waals surface area contributed by atoms with E-state index in [0.29, 0.717) is 17.9 Å². The van der Waals surface area contributed by atoms with Crippen LogP contribution in [0.4, 0.5) is 5.13 Å². The summed E-state index contributed by atoms with van der Waals surface area (Å²) < 4.78 is 0. The molecule has 17 heavy (non-hydrogen) atoms. The highest BCUT2D eigenvalue weighted by atomic mass is 32.1. The third kappa shape index (κ3) is 3.19. The third-order valence-corrected chi connectivity index (χ3v) is 4.43. The molecule has 1 aromatic heterocycles. The van der Waals surface area contributed by atoms with Gasteiger partial charge in [-0.15, -0.1) is 0 Å².